The number of hydrogen-bond acceptors (Lipinski definition) is 3. The fourth-order valence-electron chi connectivity index (χ4n) is 2.79. The number of hydrogen-bond donors (Lipinski definition) is 1. The van der Waals surface area contributed by atoms with Crippen LogP contribution in [0.5, 0.6) is 0 Å². The average molecular weight is 252 g/mol. The van der Waals surface area contributed by atoms with Crippen molar-refractivity contribution in [3.8, 4) is 0 Å². The molecule has 1 saturated heterocycles. The summed E-state index contributed by atoms with van der Waals surface area (Å²) in [5.74, 6) is 0.690. The van der Waals surface area contributed by atoms with Crippen molar-refractivity contribution in [2.45, 2.75) is 45.7 Å². The Kier molecular flexibility index (Phi) is 4.23. The molecular weight excluding hydrogens is 228 g/mol. The molecular formula is C14H24N2S. The zero-order chi connectivity index (χ0) is 12.4. The van der Waals surface area contributed by atoms with E-state index < -0.39 is 0 Å². The molecule has 0 bridgehead atoms. The summed E-state index contributed by atoms with van der Waals surface area (Å²) in [4.78, 5) is 5.53. The van der Waals surface area contributed by atoms with Gasteiger partial charge in [-0.25, -0.2) is 0 Å². The van der Waals surface area contributed by atoms with Gasteiger partial charge in [-0.05, 0) is 58.2 Å². The lowest BCUT2D eigenvalue weighted by Gasteiger charge is -2.41. The molecule has 0 amide bonds. The van der Waals surface area contributed by atoms with E-state index in [1.54, 1.807) is 0 Å². The second-order valence-electron chi connectivity index (χ2n) is 5.35. The SMILES string of the molecule is Cc1ccc(C(C)N2CC(CN)CCC2C)s1. The topological polar surface area (TPSA) is 29.3 Å². The Morgan fingerprint density at radius 1 is 1.47 bits per heavy atom. The Morgan fingerprint density at radius 2 is 2.24 bits per heavy atom. The number of rotatable bonds is 3. The van der Waals surface area contributed by atoms with Crippen molar-refractivity contribution < 1.29 is 0 Å². The molecule has 0 aromatic carbocycles. The largest absolute Gasteiger partial charge is 0.330 e. The van der Waals surface area contributed by atoms with Crippen LogP contribution in [0.25, 0.3) is 0 Å². The third kappa shape index (κ3) is 2.90. The first-order valence-corrected chi connectivity index (χ1v) is 7.45. The minimum atomic E-state index is 0.540. The highest BCUT2D eigenvalue weighted by molar-refractivity contribution is 7.12. The second-order valence-corrected chi connectivity index (χ2v) is 6.67. The molecule has 0 spiro atoms. The van der Waals surface area contributed by atoms with Crippen LogP contribution in [0.4, 0.5) is 0 Å². The highest BCUT2D eigenvalue weighted by Crippen LogP contribution is 2.33. The van der Waals surface area contributed by atoms with Crippen LogP contribution in [0, 0.1) is 12.8 Å². The van der Waals surface area contributed by atoms with Crippen molar-refractivity contribution in [1.29, 1.82) is 0 Å². The number of nitrogens with zero attached hydrogens (tertiary/aromatic N) is 1. The van der Waals surface area contributed by atoms with E-state index in [1.165, 1.54) is 22.6 Å². The van der Waals surface area contributed by atoms with Crippen molar-refractivity contribution in [2.75, 3.05) is 13.1 Å². The van der Waals surface area contributed by atoms with Gasteiger partial charge in [0.1, 0.15) is 0 Å². The number of likely N-dealkylation sites (tertiary alicyclic amines) is 1. The van der Waals surface area contributed by atoms with Gasteiger partial charge in [0.05, 0.1) is 0 Å². The third-order valence-electron chi connectivity index (χ3n) is 4.03. The maximum atomic E-state index is 5.83. The molecule has 3 unspecified atom stereocenters. The average Bonchev–Trinajstić information content (AvgIpc) is 2.76. The lowest BCUT2D eigenvalue weighted by molar-refractivity contribution is 0.0827. The first-order chi connectivity index (χ1) is 8.11. The number of nitrogens with two attached hydrogens (primary N) is 1. The van der Waals surface area contributed by atoms with Gasteiger partial charge in [0.2, 0.25) is 0 Å². The molecule has 0 radical (unpaired) electrons. The zero-order valence-corrected chi connectivity index (χ0v) is 12.0. The number of thiophene rings is 1. The Hall–Kier alpha value is -0.380. The van der Waals surface area contributed by atoms with Crippen LogP contribution in [0.1, 0.15) is 42.5 Å². The van der Waals surface area contributed by atoms with Crippen LogP contribution in [-0.2, 0) is 0 Å². The number of piperidine rings is 1. The van der Waals surface area contributed by atoms with Crippen LogP contribution < -0.4 is 5.73 Å². The molecule has 1 aromatic rings. The first-order valence-electron chi connectivity index (χ1n) is 6.64. The summed E-state index contributed by atoms with van der Waals surface area (Å²) in [5, 5.41) is 0. The maximum Gasteiger partial charge on any atom is 0.0416 e. The summed E-state index contributed by atoms with van der Waals surface area (Å²) < 4.78 is 0. The van der Waals surface area contributed by atoms with Crippen molar-refractivity contribution >= 4 is 11.3 Å². The highest BCUT2D eigenvalue weighted by atomic mass is 32.1. The van der Waals surface area contributed by atoms with Crippen LogP contribution in [0.2, 0.25) is 0 Å². The van der Waals surface area contributed by atoms with Crippen molar-refractivity contribution in [3.63, 3.8) is 0 Å². The standard InChI is InChI=1S/C14H24N2S/c1-10-4-6-13(8-15)9-16(10)12(3)14-7-5-11(2)17-14/h5,7,10,12-13H,4,6,8-9,15H2,1-3H3. The van der Waals surface area contributed by atoms with Gasteiger partial charge in [0.25, 0.3) is 0 Å². The van der Waals surface area contributed by atoms with Crippen molar-refractivity contribution in [1.82, 2.24) is 4.90 Å². The van der Waals surface area contributed by atoms with Crippen LogP contribution in [-0.4, -0.2) is 24.0 Å². The molecule has 1 fully saturated rings. The van der Waals surface area contributed by atoms with Crippen LogP contribution >= 0.6 is 11.3 Å². The molecule has 96 valence electrons. The Balaban J connectivity index is 2.09. The minimum Gasteiger partial charge on any atom is -0.330 e. The molecule has 1 aliphatic rings. The van der Waals surface area contributed by atoms with Gasteiger partial charge in [-0.15, -0.1) is 11.3 Å². The van der Waals surface area contributed by atoms with Gasteiger partial charge >= 0.3 is 0 Å². The fraction of sp³-hybridized carbons (Fsp3) is 0.714. The predicted molar refractivity (Wildman–Crippen MR) is 75.4 cm³/mol. The molecule has 2 rings (SSSR count). The summed E-state index contributed by atoms with van der Waals surface area (Å²) >= 11 is 1.93. The van der Waals surface area contributed by atoms with E-state index in [-0.39, 0.29) is 0 Å². The van der Waals surface area contributed by atoms with E-state index >= 15 is 0 Å². The maximum absolute atomic E-state index is 5.83. The van der Waals surface area contributed by atoms with E-state index in [4.69, 9.17) is 5.73 Å². The molecule has 3 heteroatoms. The molecule has 2 heterocycles. The first kappa shape index (κ1) is 13.1. The lowest BCUT2D eigenvalue weighted by Crippen LogP contribution is -2.44. The van der Waals surface area contributed by atoms with Gasteiger partial charge in [-0.3, -0.25) is 4.90 Å². The second kappa shape index (κ2) is 5.51. The Morgan fingerprint density at radius 3 is 2.82 bits per heavy atom. The fourth-order valence-corrected chi connectivity index (χ4v) is 3.74. The molecule has 0 aliphatic carbocycles. The van der Waals surface area contributed by atoms with Gasteiger partial charge in [-0.1, -0.05) is 0 Å². The minimum absolute atomic E-state index is 0.540. The molecule has 1 aliphatic heterocycles. The summed E-state index contributed by atoms with van der Waals surface area (Å²) in [5.41, 5.74) is 5.83. The van der Waals surface area contributed by atoms with E-state index in [9.17, 15) is 0 Å². The van der Waals surface area contributed by atoms with E-state index in [2.05, 4.69) is 37.8 Å². The summed E-state index contributed by atoms with van der Waals surface area (Å²) in [6.07, 6.45) is 2.58. The quantitative estimate of drug-likeness (QED) is 0.895. The molecule has 0 saturated carbocycles. The lowest BCUT2D eigenvalue weighted by atomic mass is 9.92. The van der Waals surface area contributed by atoms with Crippen molar-refractivity contribution in [2.24, 2.45) is 11.7 Å². The van der Waals surface area contributed by atoms with Gasteiger partial charge in [0, 0.05) is 28.4 Å². The van der Waals surface area contributed by atoms with E-state index in [0.717, 1.165) is 13.1 Å². The zero-order valence-electron chi connectivity index (χ0n) is 11.1. The van der Waals surface area contributed by atoms with Crippen LogP contribution in [0.15, 0.2) is 12.1 Å². The smallest absolute Gasteiger partial charge is 0.0416 e. The number of aryl methyl sites for hydroxylation is 1. The summed E-state index contributed by atoms with van der Waals surface area (Å²) in [6.45, 7) is 8.86. The normalized spacial score (nSPS) is 28.2. The Bertz CT molecular complexity index is 361. The molecule has 1 aromatic heterocycles. The monoisotopic (exact) mass is 252 g/mol. The van der Waals surface area contributed by atoms with Gasteiger partial charge in [-0.2, -0.15) is 0 Å². The van der Waals surface area contributed by atoms with E-state index in [0.29, 0.717) is 18.0 Å². The molecule has 2 N–H and O–H groups in total. The van der Waals surface area contributed by atoms with Crippen LogP contribution in [0.3, 0.4) is 0 Å². The van der Waals surface area contributed by atoms with Gasteiger partial charge in [0.15, 0.2) is 0 Å². The molecule has 2 nitrogen and oxygen atoms in total. The van der Waals surface area contributed by atoms with E-state index in [1.807, 2.05) is 11.3 Å². The highest BCUT2D eigenvalue weighted by Gasteiger charge is 2.29. The van der Waals surface area contributed by atoms with Gasteiger partial charge < -0.3 is 5.73 Å². The van der Waals surface area contributed by atoms with Crippen molar-refractivity contribution in [3.05, 3.63) is 21.9 Å². The molecule has 3 atom stereocenters. The summed E-state index contributed by atoms with van der Waals surface area (Å²) in [7, 11) is 0. The predicted octanol–water partition coefficient (Wildman–Crippen LogP) is 3.18. The molecule has 17 heavy (non-hydrogen) atoms. The Labute approximate surface area is 109 Å². The third-order valence-corrected chi connectivity index (χ3v) is 5.20. The summed E-state index contributed by atoms with van der Waals surface area (Å²) in [6, 6.07) is 5.74.